The van der Waals surface area contributed by atoms with Crippen LogP contribution in [0.4, 0.5) is 4.39 Å². The van der Waals surface area contributed by atoms with Crippen LogP contribution in [-0.4, -0.2) is 19.2 Å². The standard InChI is InChI=1S/C18H15ClFNO2S/c1-12-3-10-18(13-4-7-15(8-5-13)24(2,22)23)21(12)14-6-9-17(20)16(19)11-14/h3-11H,1-2H3. The summed E-state index contributed by atoms with van der Waals surface area (Å²) in [5, 5.41) is 0.0546. The highest BCUT2D eigenvalue weighted by molar-refractivity contribution is 7.90. The van der Waals surface area contributed by atoms with Crippen molar-refractivity contribution in [1.82, 2.24) is 4.57 Å². The van der Waals surface area contributed by atoms with Gasteiger partial charge in [-0.25, -0.2) is 12.8 Å². The molecular weight excluding hydrogens is 349 g/mol. The van der Waals surface area contributed by atoms with Gasteiger partial charge in [-0.15, -0.1) is 0 Å². The van der Waals surface area contributed by atoms with Crippen molar-refractivity contribution in [2.45, 2.75) is 11.8 Å². The summed E-state index contributed by atoms with van der Waals surface area (Å²) in [7, 11) is -3.24. The molecule has 3 nitrogen and oxygen atoms in total. The molecule has 0 fully saturated rings. The Bertz CT molecular complexity index is 1010. The third-order valence-corrected chi connectivity index (χ3v) is 5.23. The highest BCUT2D eigenvalue weighted by Gasteiger charge is 2.13. The zero-order valence-electron chi connectivity index (χ0n) is 13.1. The number of halogens is 2. The van der Waals surface area contributed by atoms with E-state index < -0.39 is 15.7 Å². The predicted molar refractivity (Wildman–Crippen MR) is 94.0 cm³/mol. The van der Waals surface area contributed by atoms with Gasteiger partial charge in [0.2, 0.25) is 0 Å². The van der Waals surface area contributed by atoms with Crippen LogP contribution in [0.1, 0.15) is 5.69 Å². The lowest BCUT2D eigenvalue weighted by molar-refractivity contribution is 0.602. The molecule has 0 aliphatic rings. The molecule has 3 rings (SSSR count). The van der Waals surface area contributed by atoms with Gasteiger partial charge in [0.15, 0.2) is 9.84 Å². The predicted octanol–water partition coefficient (Wildman–Crippen LogP) is 4.65. The summed E-state index contributed by atoms with van der Waals surface area (Å²) in [6, 6.07) is 15.1. The number of rotatable bonds is 3. The van der Waals surface area contributed by atoms with Crippen LogP contribution < -0.4 is 0 Å². The van der Waals surface area contributed by atoms with Gasteiger partial charge in [0.25, 0.3) is 0 Å². The Kier molecular flexibility index (Phi) is 4.24. The summed E-state index contributed by atoms with van der Waals surface area (Å²) in [6.45, 7) is 1.94. The Morgan fingerprint density at radius 1 is 1.00 bits per heavy atom. The van der Waals surface area contributed by atoms with Crippen molar-refractivity contribution >= 4 is 21.4 Å². The second-order valence-electron chi connectivity index (χ2n) is 5.59. The molecule has 1 heterocycles. The molecule has 124 valence electrons. The fourth-order valence-electron chi connectivity index (χ4n) is 2.60. The Morgan fingerprint density at radius 2 is 1.67 bits per heavy atom. The lowest BCUT2D eigenvalue weighted by atomic mass is 10.1. The number of aryl methyl sites for hydroxylation is 1. The maximum Gasteiger partial charge on any atom is 0.175 e. The number of sulfone groups is 1. The number of nitrogens with zero attached hydrogens (tertiary/aromatic N) is 1. The summed E-state index contributed by atoms with van der Waals surface area (Å²) in [5.74, 6) is -0.468. The maximum absolute atomic E-state index is 13.4. The van der Waals surface area contributed by atoms with Crippen molar-refractivity contribution in [3.8, 4) is 16.9 Å². The van der Waals surface area contributed by atoms with Crippen LogP contribution in [0.3, 0.4) is 0 Å². The third kappa shape index (κ3) is 3.09. The van der Waals surface area contributed by atoms with Gasteiger partial charge in [-0.2, -0.15) is 0 Å². The summed E-state index contributed by atoms with van der Waals surface area (Å²) >= 11 is 5.90. The monoisotopic (exact) mass is 363 g/mol. The van der Waals surface area contributed by atoms with Gasteiger partial charge >= 0.3 is 0 Å². The highest BCUT2D eigenvalue weighted by Crippen LogP contribution is 2.29. The molecule has 3 aromatic rings. The Morgan fingerprint density at radius 3 is 2.25 bits per heavy atom. The first-order valence-electron chi connectivity index (χ1n) is 7.21. The first kappa shape index (κ1) is 16.7. The van der Waals surface area contributed by atoms with Crippen LogP contribution in [0.5, 0.6) is 0 Å². The minimum absolute atomic E-state index is 0.0546. The van der Waals surface area contributed by atoms with E-state index in [0.717, 1.165) is 22.6 Å². The molecular formula is C18H15ClFNO2S. The molecule has 0 amide bonds. The second kappa shape index (κ2) is 6.07. The minimum Gasteiger partial charge on any atom is -0.314 e. The van der Waals surface area contributed by atoms with E-state index in [4.69, 9.17) is 11.6 Å². The van der Waals surface area contributed by atoms with Crippen molar-refractivity contribution in [2.75, 3.05) is 6.26 Å². The molecule has 24 heavy (non-hydrogen) atoms. The van der Waals surface area contributed by atoms with Crippen LogP contribution in [0.15, 0.2) is 59.5 Å². The van der Waals surface area contributed by atoms with E-state index in [1.54, 1.807) is 36.4 Å². The molecule has 0 atom stereocenters. The van der Waals surface area contributed by atoms with Crippen molar-refractivity contribution in [2.24, 2.45) is 0 Å². The summed E-state index contributed by atoms with van der Waals surface area (Å²) in [4.78, 5) is 0.269. The van der Waals surface area contributed by atoms with Gasteiger partial charge in [-0.1, -0.05) is 23.7 Å². The molecule has 0 bridgehead atoms. The molecule has 0 spiro atoms. The van der Waals surface area contributed by atoms with E-state index in [9.17, 15) is 12.8 Å². The Balaban J connectivity index is 2.12. The van der Waals surface area contributed by atoms with Gasteiger partial charge in [0.1, 0.15) is 5.82 Å². The lowest BCUT2D eigenvalue weighted by Gasteiger charge is -2.13. The van der Waals surface area contributed by atoms with E-state index in [1.165, 1.54) is 12.3 Å². The normalized spacial score (nSPS) is 11.7. The molecule has 2 aromatic carbocycles. The topological polar surface area (TPSA) is 39.1 Å². The summed E-state index contributed by atoms with van der Waals surface area (Å²) < 4.78 is 38.5. The van der Waals surface area contributed by atoms with Crippen LogP contribution in [0, 0.1) is 12.7 Å². The summed E-state index contributed by atoms with van der Waals surface area (Å²) in [6.07, 6.45) is 1.18. The van der Waals surface area contributed by atoms with E-state index in [2.05, 4.69) is 0 Å². The quantitative estimate of drug-likeness (QED) is 0.679. The molecule has 0 unspecified atom stereocenters. The maximum atomic E-state index is 13.4. The molecule has 6 heteroatoms. The van der Waals surface area contributed by atoms with Crippen LogP contribution >= 0.6 is 11.6 Å². The largest absolute Gasteiger partial charge is 0.314 e. The van der Waals surface area contributed by atoms with Crippen molar-refractivity contribution in [3.05, 3.63) is 71.1 Å². The summed E-state index contributed by atoms with van der Waals surface area (Å²) in [5.41, 5.74) is 3.43. The zero-order valence-corrected chi connectivity index (χ0v) is 14.7. The van der Waals surface area contributed by atoms with E-state index in [-0.39, 0.29) is 9.92 Å². The molecule has 0 saturated heterocycles. The van der Waals surface area contributed by atoms with Crippen LogP contribution in [-0.2, 0) is 9.84 Å². The molecule has 0 saturated carbocycles. The van der Waals surface area contributed by atoms with E-state index in [1.807, 2.05) is 23.6 Å². The number of hydrogen-bond acceptors (Lipinski definition) is 2. The Hall–Kier alpha value is -2.11. The average Bonchev–Trinajstić information content (AvgIpc) is 2.91. The van der Waals surface area contributed by atoms with Gasteiger partial charge in [0.05, 0.1) is 15.6 Å². The average molecular weight is 364 g/mol. The number of benzene rings is 2. The van der Waals surface area contributed by atoms with E-state index >= 15 is 0 Å². The van der Waals surface area contributed by atoms with Crippen molar-refractivity contribution in [1.29, 1.82) is 0 Å². The zero-order chi connectivity index (χ0) is 17.5. The Labute approximate surface area is 145 Å². The molecule has 0 aliphatic heterocycles. The number of hydrogen-bond donors (Lipinski definition) is 0. The van der Waals surface area contributed by atoms with Gasteiger partial charge in [-0.05, 0) is 55.0 Å². The fourth-order valence-corrected chi connectivity index (χ4v) is 3.41. The van der Waals surface area contributed by atoms with E-state index in [0.29, 0.717) is 0 Å². The molecule has 0 aliphatic carbocycles. The molecule has 0 radical (unpaired) electrons. The first-order chi connectivity index (χ1) is 11.3. The molecule has 1 aromatic heterocycles. The van der Waals surface area contributed by atoms with Crippen LogP contribution in [0.2, 0.25) is 5.02 Å². The van der Waals surface area contributed by atoms with Crippen LogP contribution in [0.25, 0.3) is 16.9 Å². The van der Waals surface area contributed by atoms with Crippen molar-refractivity contribution < 1.29 is 12.8 Å². The van der Waals surface area contributed by atoms with Gasteiger partial charge in [-0.3, -0.25) is 0 Å². The van der Waals surface area contributed by atoms with Crippen molar-refractivity contribution in [3.63, 3.8) is 0 Å². The van der Waals surface area contributed by atoms with Gasteiger partial charge < -0.3 is 4.57 Å². The molecule has 0 N–H and O–H groups in total. The highest BCUT2D eigenvalue weighted by atomic mass is 35.5. The lowest BCUT2D eigenvalue weighted by Crippen LogP contribution is -2.00. The number of aromatic nitrogens is 1. The second-order valence-corrected chi connectivity index (χ2v) is 8.01. The first-order valence-corrected chi connectivity index (χ1v) is 9.48. The third-order valence-electron chi connectivity index (χ3n) is 3.82. The minimum atomic E-state index is -3.24. The SMILES string of the molecule is Cc1ccc(-c2ccc(S(C)(=O)=O)cc2)n1-c1ccc(F)c(Cl)c1. The van der Waals surface area contributed by atoms with Gasteiger partial charge in [0, 0.05) is 17.6 Å². The fraction of sp³-hybridized carbons (Fsp3) is 0.111. The smallest absolute Gasteiger partial charge is 0.175 e.